The van der Waals surface area contributed by atoms with Crippen molar-refractivity contribution in [3.8, 4) is 0 Å². The number of nitrogens with zero attached hydrogens (tertiary/aromatic N) is 2. The Kier molecular flexibility index (Phi) is 3.14. The predicted molar refractivity (Wildman–Crippen MR) is 48.2 cm³/mol. The number of oxime groups is 1. The number of carbonyl (C=O) groups is 1. The van der Waals surface area contributed by atoms with Crippen LogP contribution in [-0.4, -0.2) is 16.7 Å². The van der Waals surface area contributed by atoms with Gasteiger partial charge in [0, 0.05) is 13.1 Å². The molecule has 0 bridgehead atoms. The summed E-state index contributed by atoms with van der Waals surface area (Å²) in [6.45, 7) is 3.03. The summed E-state index contributed by atoms with van der Waals surface area (Å²) in [4.78, 5) is 18.9. The normalized spacial score (nSPS) is 11.1. The van der Waals surface area contributed by atoms with Crippen molar-refractivity contribution in [1.82, 2.24) is 4.98 Å². The van der Waals surface area contributed by atoms with Crippen molar-refractivity contribution in [1.29, 1.82) is 0 Å². The first kappa shape index (κ1) is 9.38. The minimum Gasteiger partial charge on any atom is -0.318 e. The van der Waals surface area contributed by atoms with E-state index in [1.54, 1.807) is 19.2 Å². The number of hydrogen-bond acceptors (Lipinski definition) is 4. The molecule has 0 aliphatic heterocycles. The van der Waals surface area contributed by atoms with Gasteiger partial charge in [0.1, 0.15) is 5.71 Å². The highest BCUT2D eigenvalue weighted by molar-refractivity contribution is 5.96. The van der Waals surface area contributed by atoms with Crippen LogP contribution >= 0.6 is 0 Å². The molecule has 0 aromatic carbocycles. The van der Waals surface area contributed by atoms with Crippen LogP contribution < -0.4 is 0 Å². The van der Waals surface area contributed by atoms with Crippen molar-refractivity contribution in [3.05, 3.63) is 30.1 Å². The summed E-state index contributed by atoms with van der Waals surface area (Å²) in [5, 5.41) is 3.60. The van der Waals surface area contributed by atoms with Gasteiger partial charge in [-0.3, -0.25) is 4.98 Å². The fraction of sp³-hybridized carbons (Fsp3) is 0.222. The van der Waals surface area contributed by atoms with Crippen LogP contribution in [0.3, 0.4) is 0 Å². The number of pyridine rings is 1. The third-order valence-corrected chi connectivity index (χ3v) is 1.35. The summed E-state index contributed by atoms with van der Waals surface area (Å²) in [6, 6.07) is 5.44. The van der Waals surface area contributed by atoms with Gasteiger partial charge in [0.2, 0.25) is 0 Å². The average molecular weight is 178 g/mol. The van der Waals surface area contributed by atoms with Crippen LogP contribution in [0.4, 0.5) is 0 Å². The Bertz CT molecular complexity index is 320. The lowest BCUT2D eigenvalue weighted by Crippen LogP contribution is -2.01. The molecular weight excluding hydrogens is 168 g/mol. The fourth-order valence-corrected chi connectivity index (χ4v) is 0.756. The van der Waals surface area contributed by atoms with Crippen molar-refractivity contribution >= 4 is 11.7 Å². The van der Waals surface area contributed by atoms with E-state index in [4.69, 9.17) is 0 Å². The fourth-order valence-electron chi connectivity index (χ4n) is 0.756. The van der Waals surface area contributed by atoms with Crippen molar-refractivity contribution in [3.63, 3.8) is 0 Å². The molecule has 0 amide bonds. The molecule has 0 saturated carbocycles. The largest absolute Gasteiger partial charge is 0.331 e. The van der Waals surface area contributed by atoms with Gasteiger partial charge in [-0.1, -0.05) is 11.2 Å². The van der Waals surface area contributed by atoms with Gasteiger partial charge >= 0.3 is 5.97 Å². The van der Waals surface area contributed by atoms with E-state index in [2.05, 4.69) is 15.0 Å². The van der Waals surface area contributed by atoms with Crippen molar-refractivity contribution < 1.29 is 9.63 Å². The van der Waals surface area contributed by atoms with E-state index < -0.39 is 5.97 Å². The van der Waals surface area contributed by atoms with Crippen molar-refractivity contribution in [2.75, 3.05) is 0 Å². The molecule has 0 unspecified atom stereocenters. The maximum atomic E-state index is 10.4. The molecule has 1 rings (SSSR count). The van der Waals surface area contributed by atoms with E-state index in [1.165, 1.54) is 6.92 Å². The Hall–Kier alpha value is -1.71. The maximum absolute atomic E-state index is 10.4. The van der Waals surface area contributed by atoms with Gasteiger partial charge in [-0.15, -0.1) is 0 Å². The first-order valence-electron chi connectivity index (χ1n) is 3.83. The van der Waals surface area contributed by atoms with Crippen LogP contribution in [0.15, 0.2) is 29.6 Å². The third-order valence-electron chi connectivity index (χ3n) is 1.35. The second kappa shape index (κ2) is 4.35. The van der Waals surface area contributed by atoms with E-state index in [-0.39, 0.29) is 0 Å². The van der Waals surface area contributed by atoms with Gasteiger partial charge in [-0.2, -0.15) is 0 Å². The first-order chi connectivity index (χ1) is 6.20. The second-order valence-electron chi connectivity index (χ2n) is 2.47. The minimum absolute atomic E-state index is 0.435. The van der Waals surface area contributed by atoms with Crippen LogP contribution in [0.25, 0.3) is 0 Å². The quantitative estimate of drug-likeness (QED) is 0.390. The first-order valence-corrected chi connectivity index (χ1v) is 3.83. The Balaban J connectivity index is 2.73. The van der Waals surface area contributed by atoms with Gasteiger partial charge in [0.15, 0.2) is 0 Å². The molecule has 4 nitrogen and oxygen atoms in total. The SMILES string of the molecule is CC(=O)ON=C(C)c1ccccn1. The van der Waals surface area contributed by atoms with E-state index in [1.807, 2.05) is 12.1 Å². The molecule has 4 heteroatoms. The van der Waals surface area contributed by atoms with Gasteiger partial charge in [0.05, 0.1) is 5.69 Å². The third kappa shape index (κ3) is 3.02. The molecule has 1 heterocycles. The lowest BCUT2D eigenvalue weighted by Gasteiger charge is -1.97. The highest BCUT2D eigenvalue weighted by Crippen LogP contribution is 1.96. The van der Waals surface area contributed by atoms with Crippen LogP contribution in [0.1, 0.15) is 19.5 Å². The molecule has 1 aromatic heterocycles. The molecule has 0 spiro atoms. The topological polar surface area (TPSA) is 51.5 Å². The number of carbonyl (C=O) groups excluding carboxylic acids is 1. The zero-order valence-corrected chi connectivity index (χ0v) is 7.52. The van der Waals surface area contributed by atoms with Crippen LogP contribution in [0.5, 0.6) is 0 Å². The van der Waals surface area contributed by atoms with Crippen LogP contribution in [0.2, 0.25) is 0 Å². The van der Waals surface area contributed by atoms with Crippen molar-refractivity contribution in [2.24, 2.45) is 5.16 Å². The Morgan fingerprint density at radius 1 is 1.46 bits per heavy atom. The van der Waals surface area contributed by atoms with Gasteiger partial charge in [0.25, 0.3) is 0 Å². The number of aromatic nitrogens is 1. The van der Waals surface area contributed by atoms with Crippen LogP contribution in [0, 0.1) is 0 Å². The molecule has 0 N–H and O–H groups in total. The van der Waals surface area contributed by atoms with Gasteiger partial charge in [-0.05, 0) is 19.1 Å². The Morgan fingerprint density at radius 2 is 2.23 bits per heavy atom. The molecule has 1 aromatic rings. The van der Waals surface area contributed by atoms with E-state index in [0.29, 0.717) is 11.4 Å². The summed E-state index contributed by atoms with van der Waals surface area (Å²) in [6.07, 6.45) is 1.65. The molecule has 0 atom stereocenters. The molecule has 68 valence electrons. The Morgan fingerprint density at radius 3 is 2.77 bits per heavy atom. The number of rotatable bonds is 2. The van der Waals surface area contributed by atoms with Crippen LogP contribution in [-0.2, 0) is 9.63 Å². The van der Waals surface area contributed by atoms with Crippen molar-refractivity contribution in [2.45, 2.75) is 13.8 Å². The molecule has 0 aliphatic rings. The molecular formula is C9H10N2O2. The standard InChI is InChI=1S/C9H10N2O2/c1-7(11-13-8(2)12)9-5-3-4-6-10-9/h3-6H,1-2H3. The molecule has 0 radical (unpaired) electrons. The zero-order chi connectivity index (χ0) is 9.68. The monoisotopic (exact) mass is 178 g/mol. The predicted octanol–water partition coefficient (Wildman–Crippen LogP) is 1.37. The second-order valence-corrected chi connectivity index (χ2v) is 2.47. The van der Waals surface area contributed by atoms with E-state index >= 15 is 0 Å². The van der Waals surface area contributed by atoms with E-state index in [9.17, 15) is 4.79 Å². The van der Waals surface area contributed by atoms with E-state index in [0.717, 1.165) is 0 Å². The Labute approximate surface area is 76.2 Å². The maximum Gasteiger partial charge on any atom is 0.331 e. The molecule has 13 heavy (non-hydrogen) atoms. The zero-order valence-electron chi connectivity index (χ0n) is 7.52. The lowest BCUT2D eigenvalue weighted by atomic mass is 10.3. The molecule has 0 saturated heterocycles. The highest BCUT2D eigenvalue weighted by Gasteiger charge is 1.98. The lowest BCUT2D eigenvalue weighted by molar-refractivity contribution is -0.140. The summed E-state index contributed by atoms with van der Waals surface area (Å²) in [5.74, 6) is -0.435. The minimum atomic E-state index is -0.435. The smallest absolute Gasteiger partial charge is 0.318 e. The summed E-state index contributed by atoms with van der Waals surface area (Å²) < 4.78 is 0. The molecule has 0 fully saturated rings. The number of hydrogen-bond donors (Lipinski definition) is 0. The summed E-state index contributed by atoms with van der Waals surface area (Å²) >= 11 is 0. The van der Waals surface area contributed by atoms with Gasteiger partial charge < -0.3 is 4.84 Å². The highest BCUT2D eigenvalue weighted by atomic mass is 16.7. The average Bonchev–Trinajstić information content (AvgIpc) is 2.15. The van der Waals surface area contributed by atoms with Gasteiger partial charge in [-0.25, -0.2) is 4.79 Å². The molecule has 0 aliphatic carbocycles. The summed E-state index contributed by atoms with van der Waals surface area (Å²) in [5.41, 5.74) is 1.28. The summed E-state index contributed by atoms with van der Waals surface area (Å²) in [7, 11) is 0.